The third kappa shape index (κ3) is 2.46. The molecule has 0 radical (unpaired) electrons. The number of aromatic nitrogens is 3. The van der Waals surface area contributed by atoms with Gasteiger partial charge in [0.1, 0.15) is 12.1 Å². The van der Waals surface area contributed by atoms with Gasteiger partial charge in [-0.2, -0.15) is 0 Å². The lowest BCUT2D eigenvalue weighted by Crippen LogP contribution is -2.29. The van der Waals surface area contributed by atoms with E-state index in [9.17, 15) is 0 Å². The minimum atomic E-state index is 0.494. The number of benzene rings is 1. The molecule has 0 bridgehead atoms. The summed E-state index contributed by atoms with van der Waals surface area (Å²) in [5.41, 5.74) is 1.08. The zero-order chi connectivity index (χ0) is 13.1. The smallest absolute Gasteiger partial charge is 0.164 e. The van der Waals surface area contributed by atoms with Gasteiger partial charge in [-0.15, -0.1) is 10.2 Å². The van der Waals surface area contributed by atoms with E-state index in [0.717, 1.165) is 43.1 Å². The van der Waals surface area contributed by atoms with E-state index in [1.165, 1.54) is 0 Å². The maximum Gasteiger partial charge on any atom is 0.164 e. The Morgan fingerprint density at radius 2 is 1.95 bits per heavy atom. The average Bonchev–Trinajstić information content (AvgIpc) is 2.98. The van der Waals surface area contributed by atoms with Crippen LogP contribution < -0.4 is 10.1 Å². The second-order valence-corrected chi connectivity index (χ2v) is 4.77. The van der Waals surface area contributed by atoms with Gasteiger partial charge in [-0.25, -0.2) is 0 Å². The van der Waals surface area contributed by atoms with Gasteiger partial charge in [0, 0.05) is 11.6 Å². The van der Waals surface area contributed by atoms with Gasteiger partial charge in [-0.3, -0.25) is 0 Å². The van der Waals surface area contributed by atoms with Crippen LogP contribution in [0.5, 0.6) is 5.75 Å². The highest BCUT2D eigenvalue weighted by Crippen LogP contribution is 2.26. The number of hydrogen-bond acceptors (Lipinski definition) is 4. The van der Waals surface area contributed by atoms with Crippen LogP contribution in [0.25, 0.3) is 11.4 Å². The van der Waals surface area contributed by atoms with Crippen LogP contribution >= 0.6 is 0 Å². The van der Waals surface area contributed by atoms with Crippen LogP contribution in [0.2, 0.25) is 0 Å². The van der Waals surface area contributed by atoms with Gasteiger partial charge in [-0.05, 0) is 50.2 Å². The highest BCUT2D eigenvalue weighted by atomic mass is 16.5. The molecular weight excluding hydrogens is 240 g/mol. The molecule has 1 N–H and O–H groups in total. The summed E-state index contributed by atoms with van der Waals surface area (Å²) in [4.78, 5) is 0. The van der Waals surface area contributed by atoms with Crippen molar-refractivity contribution in [3.8, 4) is 17.1 Å². The third-order valence-corrected chi connectivity index (χ3v) is 3.62. The topological polar surface area (TPSA) is 52.0 Å². The molecule has 1 aliphatic rings. The molecule has 1 aromatic carbocycles. The van der Waals surface area contributed by atoms with Crippen LogP contribution in [0.4, 0.5) is 0 Å². The molecule has 1 aromatic heterocycles. The maximum absolute atomic E-state index is 5.18. The molecule has 0 aliphatic carbocycles. The van der Waals surface area contributed by atoms with Crippen LogP contribution in [0.3, 0.4) is 0 Å². The molecule has 0 saturated carbocycles. The van der Waals surface area contributed by atoms with E-state index in [-0.39, 0.29) is 0 Å². The molecule has 0 unspecified atom stereocenters. The number of hydrogen-bond donors (Lipinski definition) is 1. The summed E-state index contributed by atoms with van der Waals surface area (Å²) >= 11 is 0. The van der Waals surface area contributed by atoms with Gasteiger partial charge in [0.25, 0.3) is 0 Å². The van der Waals surface area contributed by atoms with Gasteiger partial charge in [0.15, 0.2) is 5.82 Å². The number of nitrogens with zero attached hydrogens (tertiary/aromatic N) is 3. The zero-order valence-electron chi connectivity index (χ0n) is 11.0. The lowest BCUT2D eigenvalue weighted by atomic mass is 10.1. The van der Waals surface area contributed by atoms with Crippen LogP contribution in [-0.2, 0) is 0 Å². The second kappa shape index (κ2) is 5.40. The first-order chi connectivity index (χ1) is 9.38. The molecule has 19 heavy (non-hydrogen) atoms. The Hall–Kier alpha value is -1.88. The van der Waals surface area contributed by atoms with Crippen molar-refractivity contribution in [1.29, 1.82) is 0 Å². The van der Waals surface area contributed by atoms with E-state index in [4.69, 9.17) is 4.74 Å². The Morgan fingerprint density at radius 3 is 2.63 bits per heavy atom. The fraction of sp³-hybridized carbons (Fsp3) is 0.429. The second-order valence-electron chi connectivity index (χ2n) is 4.77. The van der Waals surface area contributed by atoms with Crippen molar-refractivity contribution >= 4 is 0 Å². The monoisotopic (exact) mass is 258 g/mol. The van der Waals surface area contributed by atoms with Crippen molar-refractivity contribution in [2.24, 2.45) is 0 Å². The van der Waals surface area contributed by atoms with Gasteiger partial charge in [0.05, 0.1) is 7.11 Å². The molecule has 100 valence electrons. The highest BCUT2D eigenvalue weighted by Gasteiger charge is 2.18. The number of nitrogens with one attached hydrogen (secondary N) is 1. The van der Waals surface area contributed by atoms with E-state index in [0.29, 0.717) is 6.04 Å². The molecule has 2 heterocycles. The molecule has 0 atom stereocenters. The summed E-state index contributed by atoms with van der Waals surface area (Å²) in [6, 6.07) is 8.46. The van der Waals surface area contributed by atoms with E-state index in [1.807, 2.05) is 30.6 Å². The van der Waals surface area contributed by atoms with E-state index < -0.39 is 0 Å². The van der Waals surface area contributed by atoms with Crippen LogP contribution in [0.1, 0.15) is 18.9 Å². The fourth-order valence-corrected chi connectivity index (χ4v) is 2.54. The zero-order valence-corrected chi connectivity index (χ0v) is 11.0. The predicted octanol–water partition coefficient (Wildman–Crippen LogP) is 1.88. The fourth-order valence-electron chi connectivity index (χ4n) is 2.54. The van der Waals surface area contributed by atoms with Crippen molar-refractivity contribution in [3.63, 3.8) is 0 Å². The minimum Gasteiger partial charge on any atom is -0.497 e. The van der Waals surface area contributed by atoms with Crippen molar-refractivity contribution in [3.05, 3.63) is 30.6 Å². The third-order valence-electron chi connectivity index (χ3n) is 3.62. The lowest BCUT2D eigenvalue weighted by Gasteiger charge is -2.24. The predicted molar refractivity (Wildman–Crippen MR) is 73.2 cm³/mol. The first-order valence-electron chi connectivity index (χ1n) is 6.63. The molecule has 5 nitrogen and oxygen atoms in total. The Kier molecular flexibility index (Phi) is 3.46. The first-order valence-corrected chi connectivity index (χ1v) is 6.63. The molecule has 3 rings (SSSR count). The van der Waals surface area contributed by atoms with Crippen molar-refractivity contribution < 1.29 is 4.74 Å². The van der Waals surface area contributed by atoms with Gasteiger partial charge >= 0.3 is 0 Å². The summed E-state index contributed by atoms with van der Waals surface area (Å²) in [5, 5.41) is 11.7. The van der Waals surface area contributed by atoms with Gasteiger partial charge in [0.2, 0.25) is 0 Å². The highest BCUT2D eigenvalue weighted by molar-refractivity contribution is 5.56. The van der Waals surface area contributed by atoms with E-state index in [1.54, 1.807) is 7.11 Å². The quantitative estimate of drug-likeness (QED) is 0.913. The number of methoxy groups -OCH3 is 1. The number of rotatable bonds is 3. The summed E-state index contributed by atoms with van der Waals surface area (Å²) in [6.45, 7) is 2.12. The van der Waals surface area contributed by atoms with Gasteiger partial charge < -0.3 is 14.6 Å². The van der Waals surface area contributed by atoms with Crippen LogP contribution in [-0.4, -0.2) is 35.0 Å². The van der Waals surface area contributed by atoms with Gasteiger partial charge in [-0.1, -0.05) is 0 Å². The molecule has 0 amide bonds. The van der Waals surface area contributed by atoms with Crippen molar-refractivity contribution in [1.82, 2.24) is 20.1 Å². The first kappa shape index (κ1) is 12.2. The number of piperidine rings is 1. The maximum atomic E-state index is 5.18. The molecular formula is C14H18N4O. The molecule has 2 aromatic rings. The molecule has 1 aliphatic heterocycles. The molecule has 1 fully saturated rings. The van der Waals surface area contributed by atoms with Crippen molar-refractivity contribution in [2.75, 3.05) is 20.2 Å². The lowest BCUT2D eigenvalue weighted by molar-refractivity contribution is 0.370. The summed E-state index contributed by atoms with van der Waals surface area (Å²) in [7, 11) is 1.67. The Morgan fingerprint density at radius 1 is 1.21 bits per heavy atom. The molecule has 0 spiro atoms. The standard InChI is InChI=1S/C14H18N4O/c1-19-13-4-2-11(3-5-13)14-17-16-10-18(14)12-6-8-15-9-7-12/h2-5,10,12,15H,6-9H2,1H3. The molecule has 1 saturated heterocycles. The SMILES string of the molecule is COc1ccc(-c2nncn2C2CCNCC2)cc1. The summed E-state index contributed by atoms with van der Waals surface area (Å²) < 4.78 is 7.38. The Balaban J connectivity index is 1.89. The largest absolute Gasteiger partial charge is 0.497 e. The van der Waals surface area contributed by atoms with Crippen molar-refractivity contribution in [2.45, 2.75) is 18.9 Å². The number of ether oxygens (including phenoxy) is 1. The summed E-state index contributed by atoms with van der Waals surface area (Å²) in [6.07, 6.45) is 4.10. The molecule has 5 heteroatoms. The summed E-state index contributed by atoms with van der Waals surface area (Å²) in [5.74, 6) is 1.80. The normalized spacial score (nSPS) is 16.5. The van der Waals surface area contributed by atoms with Crippen LogP contribution in [0, 0.1) is 0 Å². The Labute approximate surface area is 112 Å². The minimum absolute atomic E-state index is 0.494. The van der Waals surface area contributed by atoms with E-state index in [2.05, 4.69) is 20.1 Å². The average molecular weight is 258 g/mol. The Bertz CT molecular complexity index is 529. The van der Waals surface area contributed by atoms with Crippen LogP contribution in [0.15, 0.2) is 30.6 Å². The van der Waals surface area contributed by atoms with E-state index >= 15 is 0 Å².